The molecule has 0 aliphatic carbocycles. The van der Waals surface area contributed by atoms with Gasteiger partial charge in [0.2, 0.25) is 19.5 Å². The molecule has 43 heavy (non-hydrogen) atoms. The highest BCUT2D eigenvalue weighted by molar-refractivity contribution is 9.10. The Morgan fingerprint density at radius 1 is 0.977 bits per heavy atom. The van der Waals surface area contributed by atoms with Crippen molar-refractivity contribution < 1.29 is 37.5 Å². The van der Waals surface area contributed by atoms with Crippen LogP contribution in [-0.4, -0.2) is 31.4 Å². The highest BCUT2D eigenvalue weighted by Gasteiger charge is 2.45. The third-order valence-electron chi connectivity index (χ3n) is 5.84. The van der Waals surface area contributed by atoms with Gasteiger partial charge in [0.1, 0.15) is 0 Å². The second-order valence-corrected chi connectivity index (χ2v) is 15.9. The Morgan fingerprint density at radius 2 is 1.58 bits per heavy atom. The van der Waals surface area contributed by atoms with Crippen LogP contribution < -0.4 is 5.32 Å². The third kappa shape index (κ3) is 9.73. The van der Waals surface area contributed by atoms with Gasteiger partial charge in [-0.15, -0.1) is 11.3 Å². The van der Waals surface area contributed by atoms with Crippen molar-refractivity contribution in [3.63, 3.8) is 0 Å². The number of ether oxygens (including phenoxy) is 2. The first-order valence-corrected chi connectivity index (χ1v) is 16.8. The van der Waals surface area contributed by atoms with Crippen molar-refractivity contribution in [2.24, 2.45) is 10.8 Å². The quantitative estimate of drug-likeness (QED) is 0.119. The molecule has 0 spiro atoms. The summed E-state index contributed by atoms with van der Waals surface area (Å²) >= 11 is 11.0. The number of hydrogen-bond acceptors (Lipinski definition) is 9. The Bertz CT molecular complexity index is 1520. The summed E-state index contributed by atoms with van der Waals surface area (Å²) < 4.78 is 37.8. The molecule has 1 N–H and O–H groups in total. The van der Waals surface area contributed by atoms with Gasteiger partial charge in [-0.1, -0.05) is 39.7 Å². The Kier molecular flexibility index (Phi) is 11.8. The lowest BCUT2D eigenvalue weighted by Crippen LogP contribution is -2.29. The summed E-state index contributed by atoms with van der Waals surface area (Å²) in [5.74, 6) is -1.98. The summed E-state index contributed by atoms with van der Waals surface area (Å²) in [5.41, 5.74) is -2.20. The molecule has 1 heterocycles. The van der Waals surface area contributed by atoms with Crippen molar-refractivity contribution in [3.05, 3.63) is 74.7 Å². The Hall–Kier alpha value is -2.53. The highest BCUT2D eigenvalue weighted by Crippen LogP contribution is 2.62. The molecule has 1 aromatic heterocycles. The standard InChI is InChI=1S/C30H34BrClNO8PS/c1-29(2,3)27(35)38-17-40-42(37,41-18-39-28(36)30(4,5)6)25(23-16-43-24-11-10-21(32)15-22(23)24)26(34)33-13-12-19-8-7-9-20(31)14-19/h7-16,25H,17-18H2,1-6H3,(H,33,34). The van der Waals surface area contributed by atoms with Gasteiger partial charge >= 0.3 is 19.5 Å². The monoisotopic (exact) mass is 713 g/mol. The smallest absolute Gasteiger partial charge is 0.353 e. The van der Waals surface area contributed by atoms with E-state index in [2.05, 4.69) is 21.2 Å². The number of carbonyl (C=O) groups excluding carboxylic acids is 3. The highest BCUT2D eigenvalue weighted by atomic mass is 79.9. The summed E-state index contributed by atoms with van der Waals surface area (Å²) in [7, 11) is -4.58. The van der Waals surface area contributed by atoms with Crippen LogP contribution >= 0.6 is 46.5 Å². The minimum Gasteiger partial charge on any atom is -0.438 e. The molecule has 2 aromatic carbocycles. The fourth-order valence-corrected chi connectivity index (χ4v) is 6.87. The lowest BCUT2D eigenvalue weighted by Gasteiger charge is -2.27. The van der Waals surface area contributed by atoms with Crippen LogP contribution in [0.1, 0.15) is 58.3 Å². The number of thiophene rings is 1. The molecule has 1 unspecified atom stereocenters. The number of amides is 1. The van der Waals surface area contributed by atoms with E-state index in [0.29, 0.717) is 16.0 Å². The van der Waals surface area contributed by atoms with Crippen molar-refractivity contribution in [1.29, 1.82) is 0 Å². The number of benzene rings is 2. The molecule has 0 saturated carbocycles. The van der Waals surface area contributed by atoms with Gasteiger partial charge in [0, 0.05) is 20.4 Å². The molecule has 0 aliphatic rings. The van der Waals surface area contributed by atoms with E-state index in [9.17, 15) is 18.9 Å². The molecule has 1 amide bonds. The van der Waals surface area contributed by atoms with Crippen LogP contribution in [0.15, 0.2) is 58.5 Å². The second kappa shape index (κ2) is 14.5. The van der Waals surface area contributed by atoms with Gasteiger partial charge in [0.15, 0.2) is 5.66 Å². The number of carbonyl (C=O) groups is 3. The summed E-state index contributed by atoms with van der Waals surface area (Å²) in [4.78, 5) is 38.6. The average molecular weight is 715 g/mol. The number of nitrogens with one attached hydrogen (secondary N) is 1. The number of halogens is 2. The Labute approximate surface area is 268 Å². The van der Waals surface area contributed by atoms with Crippen LogP contribution in [0.2, 0.25) is 5.02 Å². The summed E-state index contributed by atoms with van der Waals surface area (Å²) in [6, 6.07) is 12.5. The van der Waals surface area contributed by atoms with Crippen LogP contribution in [-0.2, 0) is 37.5 Å². The predicted octanol–water partition coefficient (Wildman–Crippen LogP) is 8.47. The lowest BCUT2D eigenvalue weighted by atomic mass is 9.98. The fraction of sp³-hybridized carbons (Fsp3) is 0.367. The molecule has 1 atom stereocenters. The summed E-state index contributed by atoms with van der Waals surface area (Å²) in [6.07, 6.45) is 3.06. The Balaban J connectivity index is 2.02. The first-order valence-electron chi connectivity index (χ1n) is 13.1. The molecule has 0 aliphatic heterocycles. The van der Waals surface area contributed by atoms with Gasteiger partial charge in [-0.25, -0.2) is 0 Å². The minimum absolute atomic E-state index is 0.309. The first kappa shape index (κ1) is 35.0. The largest absolute Gasteiger partial charge is 0.438 e. The predicted molar refractivity (Wildman–Crippen MR) is 171 cm³/mol. The van der Waals surface area contributed by atoms with Crippen molar-refractivity contribution in [2.45, 2.75) is 47.2 Å². The molecule has 0 saturated heterocycles. The number of rotatable bonds is 11. The maximum absolute atomic E-state index is 14.6. The maximum Gasteiger partial charge on any atom is 0.353 e. The molecular formula is C30H34BrClNO8PS. The molecule has 13 heteroatoms. The zero-order chi connectivity index (χ0) is 32.0. The molecule has 232 valence electrons. The van der Waals surface area contributed by atoms with Crippen LogP contribution in [0.5, 0.6) is 0 Å². The van der Waals surface area contributed by atoms with Crippen molar-refractivity contribution in [2.75, 3.05) is 13.6 Å². The number of fused-ring (bicyclic) bond motifs is 1. The van der Waals surface area contributed by atoms with Crippen LogP contribution in [0.25, 0.3) is 16.2 Å². The van der Waals surface area contributed by atoms with Crippen molar-refractivity contribution in [1.82, 2.24) is 5.32 Å². The molecule has 3 aromatic rings. The Morgan fingerprint density at radius 3 is 2.14 bits per heavy atom. The molecule has 0 fully saturated rings. The van der Waals surface area contributed by atoms with Crippen LogP contribution in [0.3, 0.4) is 0 Å². The van der Waals surface area contributed by atoms with E-state index in [1.165, 1.54) is 17.5 Å². The minimum atomic E-state index is -4.58. The van der Waals surface area contributed by atoms with Crippen molar-refractivity contribution in [3.8, 4) is 0 Å². The average Bonchev–Trinajstić information content (AvgIpc) is 3.30. The molecule has 0 radical (unpaired) electrons. The van der Waals surface area contributed by atoms with E-state index in [-0.39, 0.29) is 0 Å². The second-order valence-electron chi connectivity index (χ2n) is 11.5. The normalized spacial score (nSPS) is 13.2. The van der Waals surface area contributed by atoms with E-state index in [0.717, 1.165) is 14.7 Å². The van der Waals surface area contributed by atoms with Gasteiger partial charge < -0.3 is 14.8 Å². The van der Waals surface area contributed by atoms with E-state index in [1.807, 2.05) is 24.3 Å². The van der Waals surface area contributed by atoms with Gasteiger partial charge in [-0.3, -0.25) is 28.0 Å². The zero-order valence-corrected chi connectivity index (χ0v) is 28.7. The SMILES string of the molecule is CC(C)(C)C(=O)OCOP(=O)(OCOC(=O)C(C)(C)C)C(C(=O)NC=Cc1cccc(Br)c1)c1csc2ccc(Cl)cc12. The van der Waals surface area contributed by atoms with Crippen molar-refractivity contribution >= 4 is 80.5 Å². The van der Waals surface area contributed by atoms with Gasteiger partial charge in [0.05, 0.1) is 10.8 Å². The van der Waals surface area contributed by atoms with E-state index in [1.54, 1.807) is 71.2 Å². The zero-order valence-electron chi connectivity index (χ0n) is 24.6. The van der Waals surface area contributed by atoms with Gasteiger partial charge in [-0.2, -0.15) is 0 Å². The number of esters is 2. The fourth-order valence-electron chi connectivity index (χ4n) is 3.52. The summed E-state index contributed by atoms with van der Waals surface area (Å²) in [6.45, 7) is 8.32. The van der Waals surface area contributed by atoms with E-state index in [4.69, 9.17) is 30.1 Å². The first-order chi connectivity index (χ1) is 20.0. The van der Waals surface area contributed by atoms with E-state index < -0.39 is 55.5 Å². The molecule has 3 rings (SSSR count). The van der Waals surface area contributed by atoms with Gasteiger partial charge in [0.25, 0.3) is 0 Å². The molecular weight excluding hydrogens is 681 g/mol. The maximum atomic E-state index is 14.6. The topological polar surface area (TPSA) is 117 Å². The third-order valence-corrected chi connectivity index (χ3v) is 9.63. The van der Waals surface area contributed by atoms with Crippen LogP contribution in [0.4, 0.5) is 0 Å². The van der Waals surface area contributed by atoms with Crippen LogP contribution in [0, 0.1) is 10.8 Å². The molecule has 0 bridgehead atoms. The molecule has 9 nitrogen and oxygen atoms in total. The van der Waals surface area contributed by atoms with E-state index >= 15 is 0 Å². The summed E-state index contributed by atoms with van der Waals surface area (Å²) in [5, 5.41) is 5.27. The van der Waals surface area contributed by atoms with Gasteiger partial charge in [-0.05, 0) is 99.8 Å². The number of hydrogen-bond donors (Lipinski definition) is 1. The lowest BCUT2D eigenvalue weighted by molar-refractivity contribution is -0.162.